The third kappa shape index (κ3) is 11.8. The van der Waals surface area contributed by atoms with Gasteiger partial charge >= 0.3 is 17.9 Å². The molecular formula is C18H31N5O9. The Morgan fingerprint density at radius 3 is 1.88 bits per heavy atom. The number of carboxylic acid groups (broad SMARTS) is 3. The van der Waals surface area contributed by atoms with Gasteiger partial charge in [-0.05, 0) is 39.2 Å². The van der Waals surface area contributed by atoms with Crippen LogP contribution in [-0.2, 0) is 28.8 Å². The summed E-state index contributed by atoms with van der Waals surface area (Å²) in [6.45, 7) is 1.64. The van der Waals surface area contributed by atoms with Crippen LogP contribution >= 0.6 is 0 Å². The Bertz CT molecular complexity index is 700. The van der Waals surface area contributed by atoms with Crippen molar-refractivity contribution in [2.45, 2.75) is 69.6 Å². The smallest absolute Gasteiger partial charge is 0.326 e. The van der Waals surface area contributed by atoms with Crippen molar-refractivity contribution in [1.29, 1.82) is 0 Å². The Morgan fingerprint density at radius 2 is 1.38 bits per heavy atom. The summed E-state index contributed by atoms with van der Waals surface area (Å²) in [5.74, 6) is -6.55. The van der Waals surface area contributed by atoms with Gasteiger partial charge in [-0.2, -0.15) is 0 Å². The number of nitrogens with one attached hydrogen (secondary N) is 3. The quantitative estimate of drug-likeness (QED) is 0.110. The molecule has 0 aliphatic heterocycles. The van der Waals surface area contributed by atoms with Gasteiger partial charge in [0, 0.05) is 6.42 Å². The van der Waals surface area contributed by atoms with Crippen LogP contribution in [0.3, 0.4) is 0 Å². The molecule has 0 aromatic heterocycles. The minimum Gasteiger partial charge on any atom is -0.481 e. The van der Waals surface area contributed by atoms with Gasteiger partial charge in [-0.25, -0.2) is 4.79 Å². The van der Waals surface area contributed by atoms with E-state index in [1.54, 1.807) is 0 Å². The van der Waals surface area contributed by atoms with Crippen molar-refractivity contribution < 1.29 is 44.1 Å². The van der Waals surface area contributed by atoms with Gasteiger partial charge < -0.3 is 42.7 Å². The number of rotatable bonds is 16. The number of carbonyl (C=O) groups is 6. The highest BCUT2D eigenvalue weighted by molar-refractivity contribution is 5.94. The zero-order chi connectivity index (χ0) is 24.8. The van der Waals surface area contributed by atoms with Crippen LogP contribution in [0.4, 0.5) is 0 Å². The average molecular weight is 461 g/mol. The Hall–Kier alpha value is -3.26. The molecule has 0 rings (SSSR count). The molecule has 4 atom stereocenters. The second-order valence-corrected chi connectivity index (χ2v) is 7.11. The second kappa shape index (κ2) is 14.7. The van der Waals surface area contributed by atoms with Gasteiger partial charge in [-0.15, -0.1) is 0 Å². The highest BCUT2D eigenvalue weighted by Gasteiger charge is 2.29. The van der Waals surface area contributed by atoms with Crippen LogP contribution in [0.1, 0.15) is 45.4 Å². The highest BCUT2D eigenvalue weighted by atomic mass is 16.4. The van der Waals surface area contributed by atoms with E-state index < -0.39 is 72.6 Å². The van der Waals surface area contributed by atoms with Crippen LogP contribution in [0.2, 0.25) is 0 Å². The normalized spacial score (nSPS) is 14.3. The molecule has 0 spiro atoms. The lowest BCUT2D eigenvalue weighted by molar-refractivity contribution is -0.142. The Kier molecular flexibility index (Phi) is 13.2. The van der Waals surface area contributed by atoms with E-state index in [4.69, 9.17) is 21.7 Å². The maximum Gasteiger partial charge on any atom is 0.326 e. The monoisotopic (exact) mass is 461 g/mol. The molecule has 0 aromatic rings. The number of aliphatic carboxylic acids is 3. The lowest BCUT2D eigenvalue weighted by Crippen LogP contribution is -2.56. The van der Waals surface area contributed by atoms with Crippen molar-refractivity contribution in [2.24, 2.45) is 11.5 Å². The molecule has 0 aromatic carbocycles. The lowest BCUT2D eigenvalue weighted by Gasteiger charge is -2.23. The van der Waals surface area contributed by atoms with E-state index in [2.05, 4.69) is 16.0 Å². The standard InChI is InChI=1S/C18H31N5O9/c1-9(15(28)23-12(18(31)32)4-2-3-7-19)21-17(30)11(5-6-13(24)25)22-16(29)10(20)8-14(26)27/h9-12H,2-8,19-20H2,1H3,(H,21,30)(H,22,29)(H,23,28)(H,24,25)(H,26,27)(H,31,32). The molecule has 182 valence electrons. The summed E-state index contributed by atoms with van der Waals surface area (Å²) in [5, 5.41) is 33.5. The van der Waals surface area contributed by atoms with Crippen molar-refractivity contribution in [3.05, 3.63) is 0 Å². The van der Waals surface area contributed by atoms with E-state index in [0.29, 0.717) is 19.4 Å². The molecule has 10 N–H and O–H groups in total. The number of nitrogens with two attached hydrogens (primary N) is 2. The van der Waals surface area contributed by atoms with E-state index in [0.717, 1.165) is 0 Å². The second-order valence-electron chi connectivity index (χ2n) is 7.11. The fraction of sp³-hybridized carbons (Fsp3) is 0.667. The molecule has 4 unspecified atom stereocenters. The number of amides is 3. The first kappa shape index (κ1) is 28.7. The van der Waals surface area contributed by atoms with Gasteiger partial charge in [-0.3, -0.25) is 24.0 Å². The molecule has 3 amide bonds. The van der Waals surface area contributed by atoms with Gasteiger partial charge in [0.1, 0.15) is 18.1 Å². The molecule has 14 nitrogen and oxygen atoms in total. The largest absolute Gasteiger partial charge is 0.481 e. The number of hydrogen-bond acceptors (Lipinski definition) is 8. The molecule has 0 aliphatic rings. The Morgan fingerprint density at radius 1 is 0.781 bits per heavy atom. The molecule has 14 heteroatoms. The van der Waals surface area contributed by atoms with Crippen LogP contribution in [0.25, 0.3) is 0 Å². The number of carbonyl (C=O) groups excluding carboxylic acids is 3. The minimum atomic E-state index is -1.47. The number of hydrogen-bond donors (Lipinski definition) is 8. The molecule has 0 heterocycles. The van der Waals surface area contributed by atoms with Gasteiger partial charge in [0.2, 0.25) is 17.7 Å². The fourth-order valence-corrected chi connectivity index (χ4v) is 2.52. The SMILES string of the molecule is CC(NC(=O)C(CCC(=O)O)NC(=O)C(N)CC(=O)O)C(=O)NC(CCCCN)C(=O)O. The lowest BCUT2D eigenvalue weighted by atomic mass is 10.1. The van der Waals surface area contributed by atoms with Crippen molar-refractivity contribution in [3.8, 4) is 0 Å². The summed E-state index contributed by atoms with van der Waals surface area (Å²) >= 11 is 0. The van der Waals surface area contributed by atoms with Gasteiger partial charge in [0.05, 0.1) is 12.5 Å². The van der Waals surface area contributed by atoms with Crippen LogP contribution in [0, 0.1) is 0 Å². The summed E-state index contributed by atoms with van der Waals surface area (Å²) in [5.41, 5.74) is 10.8. The highest BCUT2D eigenvalue weighted by Crippen LogP contribution is 2.03. The summed E-state index contributed by atoms with van der Waals surface area (Å²) in [6.07, 6.45) is -0.390. The minimum absolute atomic E-state index is 0.137. The van der Waals surface area contributed by atoms with Crippen LogP contribution in [-0.4, -0.2) is 81.7 Å². The Balaban J connectivity index is 5.09. The molecule has 0 saturated carbocycles. The molecule has 0 radical (unpaired) electrons. The van der Waals surface area contributed by atoms with E-state index in [-0.39, 0.29) is 12.8 Å². The summed E-state index contributed by atoms with van der Waals surface area (Å²) in [6, 6.07) is -5.28. The van der Waals surface area contributed by atoms with Gasteiger partial charge in [0.25, 0.3) is 0 Å². The van der Waals surface area contributed by atoms with E-state index in [1.807, 2.05) is 0 Å². The summed E-state index contributed by atoms with van der Waals surface area (Å²) in [7, 11) is 0. The third-order valence-electron chi connectivity index (χ3n) is 4.32. The van der Waals surface area contributed by atoms with E-state index in [9.17, 15) is 33.9 Å². The molecule has 32 heavy (non-hydrogen) atoms. The molecule has 0 aliphatic carbocycles. The molecular weight excluding hydrogens is 430 g/mol. The predicted molar refractivity (Wildman–Crippen MR) is 109 cm³/mol. The first-order valence-corrected chi connectivity index (χ1v) is 9.92. The molecule has 0 bridgehead atoms. The van der Waals surface area contributed by atoms with Crippen LogP contribution in [0.5, 0.6) is 0 Å². The third-order valence-corrected chi connectivity index (χ3v) is 4.32. The van der Waals surface area contributed by atoms with Crippen LogP contribution < -0.4 is 27.4 Å². The first-order chi connectivity index (χ1) is 14.9. The van der Waals surface area contributed by atoms with Crippen molar-refractivity contribution in [3.63, 3.8) is 0 Å². The Labute approximate surface area is 184 Å². The van der Waals surface area contributed by atoms with Gasteiger partial charge in [0.15, 0.2) is 0 Å². The van der Waals surface area contributed by atoms with Crippen molar-refractivity contribution in [1.82, 2.24) is 16.0 Å². The van der Waals surface area contributed by atoms with E-state index >= 15 is 0 Å². The van der Waals surface area contributed by atoms with Gasteiger partial charge in [-0.1, -0.05) is 0 Å². The first-order valence-electron chi connectivity index (χ1n) is 9.92. The summed E-state index contributed by atoms with van der Waals surface area (Å²) in [4.78, 5) is 69.6. The molecule has 0 fully saturated rings. The zero-order valence-corrected chi connectivity index (χ0v) is 17.7. The number of unbranched alkanes of at least 4 members (excludes halogenated alkanes) is 1. The number of carboxylic acids is 3. The van der Waals surface area contributed by atoms with E-state index in [1.165, 1.54) is 6.92 Å². The maximum atomic E-state index is 12.5. The topological polar surface area (TPSA) is 251 Å². The molecule has 0 saturated heterocycles. The van der Waals surface area contributed by atoms with Crippen molar-refractivity contribution in [2.75, 3.05) is 6.54 Å². The maximum absolute atomic E-state index is 12.5. The average Bonchev–Trinajstić information content (AvgIpc) is 2.68. The van der Waals surface area contributed by atoms with Crippen LogP contribution in [0.15, 0.2) is 0 Å². The zero-order valence-electron chi connectivity index (χ0n) is 17.7. The predicted octanol–water partition coefficient (Wildman–Crippen LogP) is -2.66. The fourth-order valence-electron chi connectivity index (χ4n) is 2.52. The summed E-state index contributed by atoms with van der Waals surface area (Å²) < 4.78 is 0. The van der Waals surface area contributed by atoms with Crippen molar-refractivity contribution >= 4 is 35.6 Å².